The fraction of sp³-hybridized carbons (Fsp3) is 0.438. The van der Waals surface area contributed by atoms with Gasteiger partial charge in [0.25, 0.3) is 0 Å². The van der Waals surface area contributed by atoms with Crippen molar-refractivity contribution in [1.82, 2.24) is 15.1 Å². The van der Waals surface area contributed by atoms with Crippen molar-refractivity contribution in [2.45, 2.75) is 27.2 Å². The molecule has 1 heterocycles. The van der Waals surface area contributed by atoms with E-state index in [2.05, 4.69) is 49.4 Å². The number of aromatic nitrogens is 2. The van der Waals surface area contributed by atoms with Gasteiger partial charge >= 0.3 is 0 Å². The van der Waals surface area contributed by atoms with Crippen molar-refractivity contribution < 1.29 is 0 Å². The molecule has 0 aliphatic heterocycles. The molecule has 0 fully saturated rings. The van der Waals surface area contributed by atoms with E-state index >= 15 is 0 Å². The van der Waals surface area contributed by atoms with Crippen LogP contribution in [0.1, 0.15) is 22.4 Å². The van der Waals surface area contributed by atoms with E-state index in [-0.39, 0.29) is 0 Å². The summed E-state index contributed by atoms with van der Waals surface area (Å²) in [4.78, 5) is 0. The molecule has 3 heteroatoms. The predicted octanol–water partition coefficient (Wildman–Crippen LogP) is 2.77. The summed E-state index contributed by atoms with van der Waals surface area (Å²) in [6.07, 6.45) is 0.973. The highest BCUT2D eigenvalue weighted by Crippen LogP contribution is 2.28. The Morgan fingerprint density at radius 2 is 1.95 bits per heavy atom. The zero-order valence-electron chi connectivity index (χ0n) is 12.5. The van der Waals surface area contributed by atoms with Crippen LogP contribution in [0, 0.1) is 20.8 Å². The number of nitrogens with zero attached hydrogens (tertiary/aromatic N) is 2. The topological polar surface area (TPSA) is 29.9 Å². The zero-order chi connectivity index (χ0) is 14.0. The lowest BCUT2D eigenvalue weighted by molar-refractivity contribution is 0.719. The van der Waals surface area contributed by atoms with Crippen LogP contribution in [-0.4, -0.2) is 23.4 Å². The second kappa shape index (κ2) is 5.57. The van der Waals surface area contributed by atoms with Crippen LogP contribution >= 0.6 is 0 Å². The van der Waals surface area contributed by atoms with E-state index in [0.717, 1.165) is 13.0 Å². The molecule has 1 N–H and O–H groups in total. The Morgan fingerprint density at radius 1 is 1.21 bits per heavy atom. The van der Waals surface area contributed by atoms with Gasteiger partial charge in [0, 0.05) is 25.6 Å². The molecule has 0 unspecified atom stereocenters. The lowest BCUT2D eigenvalue weighted by atomic mass is 9.99. The lowest BCUT2D eigenvalue weighted by Crippen LogP contribution is -2.11. The zero-order valence-corrected chi connectivity index (χ0v) is 12.5. The van der Waals surface area contributed by atoms with Crippen LogP contribution in [0.5, 0.6) is 0 Å². The summed E-state index contributed by atoms with van der Waals surface area (Å²) in [7, 11) is 4.01. The number of nitrogens with one attached hydrogen (secondary N) is 1. The Balaban J connectivity index is 2.47. The van der Waals surface area contributed by atoms with Gasteiger partial charge in [-0.2, -0.15) is 5.10 Å². The fourth-order valence-corrected chi connectivity index (χ4v) is 2.62. The van der Waals surface area contributed by atoms with Crippen molar-refractivity contribution in [2.75, 3.05) is 13.6 Å². The summed E-state index contributed by atoms with van der Waals surface area (Å²) in [6, 6.07) is 6.60. The van der Waals surface area contributed by atoms with Crippen molar-refractivity contribution in [1.29, 1.82) is 0 Å². The monoisotopic (exact) mass is 257 g/mol. The van der Waals surface area contributed by atoms with E-state index in [1.165, 1.54) is 33.6 Å². The van der Waals surface area contributed by atoms with E-state index < -0.39 is 0 Å². The first-order valence-electron chi connectivity index (χ1n) is 6.79. The largest absolute Gasteiger partial charge is 0.319 e. The molecule has 0 amide bonds. The molecule has 0 aliphatic rings. The van der Waals surface area contributed by atoms with Gasteiger partial charge in [-0.25, -0.2) is 0 Å². The molecular weight excluding hydrogens is 234 g/mol. The molecule has 0 atom stereocenters. The van der Waals surface area contributed by atoms with Crippen LogP contribution in [0.4, 0.5) is 0 Å². The molecule has 102 valence electrons. The molecule has 19 heavy (non-hydrogen) atoms. The van der Waals surface area contributed by atoms with E-state index in [1.54, 1.807) is 0 Å². The van der Waals surface area contributed by atoms with Crippen LogP contribution in [0.25, 0.3) is 11.3 Å². The standard InChI is InChI=1S/C16H23N3/c1-11-6-7-14(12(2)10-11)16-13(3)15(8-9-17-4)18-19(16)5/h6-7,10,17H,8-9H2,1-5H3. The Kier molecular flexibility index (Phi) is 4.05. The first-order chi connectivity index (χ1) is 9.04. The third-order valence-corrected chi connectivity index (χ3v) is 3.63. The molecule has 0 spiro atoms. The third kappa shape index (κ3) is 2.71. The molecule has 0 aliphatic carbocycles. The van der Waals surface area contributed by atoms with Gasteiger partial charge in [-0.15, -0.1) is 0 Å². The van der Waals surface area contributed by atoms with Crippen LogP contribution in [0.2, 0.25) is 0 Å². The highest BCUT2D eigenvalue weighted by atomic mass is 15.3. The van der Waals surface area contributed by atoms with Gasteiger partial charge in [0.05, 0.1) is 11.4 Å². The molecule has 1 aromatic heterocycles. The van der Waals surface area contributed by atoms with Crippen molar-refractivity contribution in [2.24, 2.45) is 7.05 Å². The maximum absolute atomic E-state index is 4.66. The maximum atomic E-state index is 4.66. The van der Waals surface area contributed by atoms with E-state index in [1.807, 2.05) is 18.8 Å². The SMILES string of the molecule is CNCCc1nn(C)c(-c2ccc(C)cc2C)c1C. The summed E-state index contributed by atoms with van der Waals surface area (Å²) >= 11 is 0. The molecule has 0 saturated heterocycles. The van der Waals surface area contributed by atoms with Crippen LogP contribution in [0.15, 0.2) is 18.2 Å². The van der Waals surface area contributed by atoms with Gasteiger partial charge in [0.2, 0.25) is 0 Å². The minimum atomic E-state index is 0.962. The summed E-state index contributed by atoms with van der Waals surface area (Å²) in [5, 5.41) is 7.85. The number of aryl methyl sites for hydroxylation is 3. The van der Waals surface area contributed by atoms with Crippen LogP contribution < -0.4 is 5.32 Å². The first-order valence-corrected chi connectivity index (χ1v) is 6.79. The highest BCUT2D eigenvalue weighted by molar-refractivity contribution is 5.68. The van der Waals surface area contributed by atoms with Gasteiger partial charge in [0.1, 0.15) is 0 Å². The van der Waals surface area contributed by atoms with Gasteiger partial charge in [0.15, 0.2) is 0 Å². The maximum Gasteiger partial charge on any atom is 0.0713 e. The molecule has 0 bridgehead atoms. The highest BCUT2D eigenvalue weighted by Gasteiger charge is 2.15. The quantitative estimate of drug-likeness (QED) is 0.912. The van der Waals surface area contributed by atoms with Crippen molar-refractivity contribution >= 4 is 0 Å². The number of hydrogen-bond acceptors (Lipinski definition) is 2. The van der Waals surface area contributed by atoms with E-state index in [4.69, 9.17) is 0 Å². The molecule has 3 nitrogen and oxygen atoms in total. The summed E-state index contributed by atoms with van der Waals surface area (Å²) in [5.41, 5.74) is 7.62. The van der Waals surface area contributed by atoms with Gasteiger partial charge < -0.3 is 5.32 Å². The molecule has 1 aromatic carbocycles. The molecule has 0 radical (unpaired) electrons. The van der Waals surface area contributed by atoms with Crippen LogP contribution in [-0.2, 0) is 13.5 Å². The number of hydrogen-bond donors (Lipinski definition) is 1. The smallest absolute Gasteiger partial charge is 0.0713 e. The molecule has 0 saturated carbocycles. The van der Waals surface area contributed by atoms with Gasteiger partial charge in [-0.3, -0.25) is 4.68 Å². The van der Waals surface area contributed by atoms with Crippen LogP contribution in [0.3, 0.4) is 0 Å². The Bertz CT molecular complexity index is 582. The van der Waals surface area contributed by atoms with Gasteiger partial charge in [-0.05, 0) is 38.9 Å². The average Bonchev–Trinajstić information content (AvgIpc) is 2.63. The normalized spacial score (nSPS) is 11.0. The number of benzene rings is 1. The van der Waals surface area contributed by atoms with Gasteiger partial charge in [-0.1, -0.05) is 23.8 Å². The Hall–Kier alpha value is -1.61. The average molecular weight is 257 g/mol. The van der Waals surface area contributed by atoms with E-state index in [9.17, 15) is 0 Å². The van der Waals surface area contributed by atoms with Crippen molar-refractivity contribution in [3.05, 3.63) is 40.6 Å². The number of likely N-dealkylation sites (N-methyl/N-ethyl adjacent to an activating group) is 1. The molecular formula is C16H23N3. The third-order valence-electron chi connectivity index (χ3n) is 3.63. The minimum absolute atomic E-state index is 0.962. The van der Waals surface area contributed by atoms with Crippen molar-refractivity contribution in [3.63, 3.8) is 0 Å². The Labute approximate surface area is 115 Å². The molecule has 2 aromatic rings. The second-order valence-electron chi connectivity index (χ2n) is 5.22. The lowest BCUT2D eigenvalue weighted by Gasteiger charge is -2.08. The van der Waals surface area contributed by atoms with E-state index in [0.29, 0.717) is 0 Å². The predicted molar refractivity (Wildman–Crippen MR) is 80.5 cm³/mol. The fourth-order valence-electron chi connectivity index (χ4n) is 2.62. The molecule has 2 rings (SSSR count). The number of rotatable bonds is 4. The van der Waals surface area contributed by atoms with Crippen molar-refractivity contribution in [3.8, 4) is 11.3 Å². The summed E-state index contributed by atoms with van der Waals surface area (Å²) in [6.45, 7) is 7.43. The first kappa shape index (κ1) is 13.8. The second-order valence-corrected chi connectivity index (χ2v) is 5.22. The minimum Gasteiger partial charge on any atom is -0.319 e. The summed E-state index contributed by atoms with van der Waals surface area (Å²) < 4.78 is 2.01. The Morgan fingerprint density at radius 3 is 2.58 bits per heavy atom. The summed E-state index contributed by atoms with van der Waals surface area (Å²) in [5.74, 6) is 0.